The van der Waals surface area contributed by atoms with Crippen LogP contribution < -0.4 is 5.01 Å². The molecule has 1 unspecified atom stereocenters. The topological polar surface area (TPSA) is 51.5 Å². The van der Waals surface area contributed by atoms with E-state index >= 15 is 0 Å². The van der Waals surface area contributed by atoms with Crippen LogP contribution in [0.5, 0.6) is 0 Å². The van der Waals surface area contributed by atoms with E-state index in [1.165, 1.54) is 18.9 Å². The van der Waals surface area contributed by atoms with Crippen LogP contribution in [-0.2, 0) is 9.53 Å². The van der Waals surface area contributed by atoms with Crippen LogP contribution in [0, 0.1) is 0 Å². The van der Waals surface area contributed by atoms with Gasteiger partial charge in [-0.3, -0.25) is 14.3 Å². The molecule has 1 aromatic heterocycles. The van der Waals surface area contributed by atoms with Gasteiger partial charge in [-0.1, -0.05) is 18.2 Å². The number of amides is 1. The average molecular weight is 302 g/mol. The Labute approximate surface area is 126 Å². The van der Waals surface area contributed by atoms with E-state index in [0.717, 1.165) is 5.56 Å². The Balaban J connectivity index is 1.95. The van der Waals surface area contributed by atoms with E-state index < -0.39 is 0 Å². The number of fused-ring (bicyclic) bond motifs is 1. The fraction of sp³-hybridized carbons (Fsp3) is 0.200. The summed E-state index contributed by atoms with van der Waals surface area (Å²) < 4.78 is 6.43. The Morgan fingerprint density at radius 1 is 1.24 bits per heavy atom. The van der Waals surface area contributed by atoms with E-state index in [1.54, 1.807) is 9.69 Å². The summed E-state index contributed by atoms with van der Waals surface area (Å²) in [4.78, 5) is 24.0. The van der Waals surface area contributed by atoms with Gasteiger partial charge in [0, 0.05) is 18.0 Å². The Bertz CT molecular complexity index is 669. The van der Waals surface area contributed by atoms with E-state index in [1.807, 2.05) is 48.8 Å². The molecule has 0 aliphatic carbocycles. The molecule has 6 heteroatoms. The first kappa shape index (κ1) is 13.8. The highest BCUT2D eigenvalue weighted by molar-refractivity contribution is 8.00. The van der Waals surface area contributed by atoms with Crippen molar-refractivity contribution in [1.82, 2.24) is 4.68 Å². The Morgan fingerprint density at radius 2 is 1.95 bits per heavy atom. The molecule has 1 aliphatic rings. The van der Waals surface area contributed by atoms with Crippen molar-refractivity contribution in [3.63, 3.8) is 0 Å². The maximum absolute atomic E-state index is 12.6. The van der Waals surface area contributed by atoms with Gasteiger partial charge in [0.1, 0.15) is 5.37 Å². The molecule has 108 valence electrons. The number of nitrogens with zero attached hydrogens (tertiary/aromatic N) is 2. The minimum Gasteiger partial charge on any atom is -0.468 e. The minimum atomic E-state index is -0.302. The lowest BCUT2D eigenvalue weighted by Gasteiger charge is -2.25. The van der Waals surface area contributed by atoms with Crippen molar-refractivity contribution >= 4 is 23.6 Å². The van der Waals surface area contributed by atoms with Gasteiger partial charge in [-0.05, 0) is 23.8 Å². The molecule has 0 saturated carbocycles. The number of benzene rings is 1. The summed E-state index contributed by atoms with van der Waals surface area (Å²) in [5.41, 5.74) is 1.60. The SMILES string of the molecule is COC(=O)CSC1c2ccccc2C(=O)N1n1cccc1. The maximum Gasteiger partial charge on any atom is 0.315 e. The van der Waals surface area contributed by atoms with Gasteiger partial charge < -0.3 is 4.74 Å². The number of hydrogen-bond donors (Lipinski definition) is 0. The van der Waals surface area contributed by atoms with Gasteiger partial charge in [0.25, 0.3) is 5.91 Å². The third-order valence-corrected chi connectivity index (χ3v) is 4.48. The first-order valence-electron chi connectivity index (χ1n) is 6.46. The number of esters is 1. The zero-order chi connectivity index (χ0) is 14.8. The molecule has 21 heavy (non-hydrogen) atoms. The highest BCUT2D eigenvalue weighted by atomic mass is 32.2. The molecule has 1 atom stereocenters. The molecule has 0 N–H and O–H groups in total. The molecule has 0 spiro atoms. The van der Waals surface area contributed by atoms with E-state index in [-0.39, 0.29) is 23.0 Å². The van der Waals surface area contributed by atoms with Crippen LogP contribution in [0.2, 0.25) is 0 Å². The highest BCUT2D eigenvalue weighted by Gasteiger charge is 2.38. The van der Waals surface area contributed by atoms with Crippen molar-refractivity contribution in [3.05, 3.63) is 59.9 Å². The molecule has 0 fully saturated rings. The molecular formula is C15H14N2O3S. The van der Waals surface area contributed by atoms with E-state index in [2.05, 4.69) is 4.74 Å². The Hall–Kier alpha value is -2.21. The van der Waals surface area contributed by atoms with Gasteiger partial charge >= 0.3 is 5.97 Å². The molecule has 1 aliphatic heterocycles. The Kier molecular flexibility index (Phi) is 3.70. The first-order chi connectivity index (χ1) is 10.2. The second kappa shape index (κ2) is 5.65. The van der Waals surface area contributed by atoms with Crippen LogP contribution in [0.15, 0.2) is 48.8 Å². The van der Waals surface area contributed by atoms with Crippen LogP contribution >= 0.6 is 11.8 Å². The molecule has 2 aromatic rings. The van der Waals surface area contributed by atoms with Gasteiger partial charge in [0.2, 0.25) is 0 Å². The quantitative estimate of drug-likeness (QED) is 0.812. The minimum absolute atomic E-state index is 0.0656. The molecule has 5 nitrogen and oxygen atoms in total. The average Bonchev–Trinajstić information content (AvgIpc) is 3.12. The smallest absolute Gasteiger partial charge is 0.315 e. The summed E-state index contributed by atoms with van der Waals surface area (Å²) >= 11 is 1.38. The molecule has 0 radical (unpaired) electrons. The molecule has 1 amide bonds. The number of ether oxygens (including phenoxy) is 1. The molecule has 2 heterocycles. The van der Waals surface area contributed by atoms with Gasteiger partial charge in [-0.25, -0.2) is 5.01 Å². The number of rotatable bonds is 4. The monoisotopic (exact) mass is 302 g/mol. The fourth-order valence-electron chi connectivity index (χ4n) is 2.33. The number of carbonyl (C=O) groups excluding carboxylic acids is 2. The molecule has 0 bridgehead atoms. The van der Waals surface area contributed by atoms with Crippen molar-refractivity contribution < 1.29 is 14.3 Å². The predicted molar refractivity (Wildman–Crippen MR) is 80.6 cm³/mol. The van der Waals surface area contributed by atoms with E-state index in [0.29, 0.717) is 5.56 Å². The third kappa shape index (κ3) is 2.42. The zero-order valence-corrected chi connectivity index (χ0v) is 12.2. The standard InChI is InChI=1S/C15H14N2O3S/c1-20-13(18)10-21-15-12-7-3-2-6-11(12)14(19)17(15)16-8-4-5-9-16/h2-9,15H,10H2,1H3. The fourth-order valence-corrected chi connectivity index (χ4v) is 3.47. The molecule has 1 aromatic carbocycles. The van der Waals surface area contributed by atoms with Crippen LogP contribution in [0.4, 0.5) is 0 Å². The van der Waals surface area contributed by atoms with Crippen LogP contribution in [0.25, 0.3) is 0 Å². The summed E-state index contributed by atoms with van der Waals surface area (Å²) in [5, 5.41) is 1.42. The summed E-state index contributed by atoms with van der Waals surface area (Å²) in [6.45, 7) is 0. The Morgan fingerprint density at radius 3 is 2.67 bits per heavy atom. The third-order valence-electron chi connectivity index (χ3n) is 3.31. The van der Waals surface area contributed by atoms with E-state index in [9.17, 15) is 9.59 Å². The summed E-state index contributed by atoms with van der Waals surface area (Å²) in [6, 6.07) is 11.2. The normalized spacial score (nSPS) is 16.9. The van der Waals surface area contributed by atoms with E-state index in [4.69, 9.17) is 0 Å². The second-order valence-corrected chi connectivity index (χ2v) is 5.61. The van der Waals surface area contributed by atoms with Crippen molar-refractivity contribution in [1.29, 1.82) is 0 Å². The summed E-state index contributed by atoms with van der Waals surface area (Å²) in [6.07, 6.45) is 3.63. The van der Waals surface area contributed by atoms with Crippen LogP contribution in [0.1, 0.15) is 21.3 Å². The number of thioether (sulfide) groups is 1. The highest BCUT2D eigenvalue weighted by Crippen LogP contribution is 2.40. The van der Waals surface area contributed by atoms with Gasteiger partial charge in [-0.2, -0.15) is 0 Å². The van der Waals surface area contributed by atoms with Crippen molar-refractivity contribution in [2.75, 3.05) is 17.9 Å². The van der Waals surface area contributed by atoms with Crippen molar-refractivity contribution in [3.8, 4) is 0 Å². The molecule has 0 saturated heterocycles. The largest absolute Gasteiger partial charge is 0.468 e. The van der Waals surface area contributed by atoms with Crippen LogP contribution in [0.3, 0.4) is 0 Å². The lowest BCUT2D eigenvalue weighted by Crippen LogP contribution is -2.36. The number of carbonyl (C=O) groups is 2. The maximum atomic E-state index is 12.6. The number of hydrogen-bond acceptors (Lipinski definition) is 4. The van der Waals surface area contributed by atoms with Crippen molar-refractivity contribution in [2.45, 2.75) is 5.37 Å². The number of methoxy groups -OCH3 is 1. The predicted octanol–water partition coefficient (Wildman–Crippen LogP) is 2.18. The summed E-state index contributed by atoms with van der Waals surface area (Å²) in [7, 11) is 1.36. The lowest BCUT2D eigenvalue weighted by molar-refractivity contribution is -0.137. The summed E-state index contributed by atoms with van der Waals surface area (Å²) in [5.74, 6) is -0.172. The van der Waals surface area contributed by atoms with Gasteiger partial charge in [0.15, 0.2) is 0 Å². The van der Waals surface area contributed by atoms with Gasteiger partial charge in [0.05, 0.1) is 12.9 Å². The molecular weight excluding hydrogens is 288 g/mol. The number of aromatic nitrogens is 1. The van der Waals surface area contributed by atoms with Crippen molar-refractivity contribution in [2.24, 2.45) is 0 Å². The molecule has 3 rings (SSSR count). The van der Waals surface area contributed by atoms with Crippen LogP contribution in [-0.4, -0.2) is 29.4 Å². The zero-order valence-electron chi connectivity index (χ0n) is 11.4. The van der Waals surface area contributed by atoms with Gasteiger partial charge in [-0.15, -0.1) is 11.8 Å². The lowest BCUT2D eigenvalue weighted by atomic mass is 10.1. The second-order valence-electron chi connectivity index (χ2n) is 4.54. The first-order valence-corrected chi connectivity index (χ1v) is 7.51.